The normalized spacial score (nSPS) is 26.6. The number of aliphatic imine (C=N–C) groups is 2. The van der Waals surface area contributed by atoms with Gasteiger partial charge in [0.1, 0.15) is 0 Å². The van der Waals surface area contributed by atoms with E-state index in [2.05, 4.69) is 23.8 Å². The van der Waals surface area contributed by atoms with Gasteiger partial charge >= 0.3 is 0 Å². The van der Waals surface area contributed by atoms with Crippen LogP contribution in [0.2, 0.25) is 0 Å². The van der Waals surface area contributed by atoms with Gasteiger partial charge in [-0.25, -0.2) is 19.6 Å². The fourth-order valence-electron chi connectivity index (χ4n) is 3.16. The van der Waals surface area contributed by atoms with Crippen molar-refractivity contribution < 1.29 is 9.59 Å². The molecule has 18 heavy (non-hydrogen) atoms. The molecule has 1 fully saturated rings. The van der Waals surface area contributed by atoms with Gasteiger partial charge in [-0.2, -0.15) is 0 Å². The Morgan fingerprint density at radius 2 is 1.44 bits per heavy atom. The van der Waals surface area contributed by atoms with Crippen molar-refractivity contribution in [2.75, 3.05) is 0 Å². The van der Waals surface area contributed by atoms with Crippen LogP contribution in [-0.4, -0.2) is 24.2 Å². The Hall–Kier alpha value is -1.24. The van der Waals surface area contributed by atoms with Crippen LogP contribution in [0.3, 0.4) is 0 Å². The van der Waals surface area contributed by atoms with E-state index in [9.17, 15) is 9.59 Å². The summed E-state index contributed by atoms with van der Waals surface area (Å²) in [6.45, 7) is 4.10. The summed E-state index contributed by atoms with van der Waals surface area (Å²) in [7, 11) is 0. The van der Waals surface area contributed by atoms with E-state index in [1.54, 1.807) is 12.2 Å². The summed E-state index contributed by atoms with van der Waals surface area (Å²) in [5.41, 5.74) is 0. The van der Waals surface area contributed by atoms with Crippen molar-refractivity contribution in [3.63, 3.8) is 0 Å². The summed E-state index contributed by atoms with van der Waals surface area (Å²) in [5.74, 6) is 0.872. The topological polar surface area (TPSA) is 58.9 Å². The maximum absolute atomic E-state index is 10.4. The van der Waals surface area contributed by atoms with Crippen molar-refractivity contribution in [3.05, 3.63) is 0 Å². The highest BCUT2D eigenvalue weighted by atomic mass is 16.1. The van der Waals surface area contributed by atoms with Gasteiger partial charge in [0, 0.05) is 0 Å². The smallest absolute Gasteiger partial charge is 0.211 e. The van der Waals surface area contributed by atoms with Crippen LogP contribution >= 0.6 is 0 Å². The molecule has 1 aliphatic rings. The zero-order chi connectivity index (χ0) is 13.4. The minimum atomic E-state index is 0.0861. The predicted octanol–water partition coefficient (Wildman–Crippen LogP) is 3.02. The van der Waals surface area contributed by atoms with Crippen molar-refractivity contribution in [2.45, 2.75) is 64.5 Å². The number of nitrogens with zero attached hydrogens (tertiary/aromatic N) is 2. The Bertz CT molecular complexity index is 312. The molecule has 0 bridgehead atoms. The Morgan fingerprint density at radius 3 is 1.78 bits per heavy atom. The lowest BCUT2D eigenvalue weighted by molar-refractivity contribution is 0.205. The zero-order valence-electron chi connectivity index (χ0n) is 11.3. The molecular formula is C14H22N2O2. The van der Waals surface area contributed by atoms with Crippen LogP contribution in [0.25, 0.3) is 0 Å². The highest BCUT2D eigenvalue weighted by Gasteiger charge is 2.31. The molecule has 0 N–H and O–H groups in total. The van der Waals surface area contributed by atoms with Crippen molar-refractivity contribution in [1.82, 2.24) is 0 Å². The lowest BCUT2D eigenvalue weighted by Crippen LogP contribution is -2.30. The van der Waals surface area contributed by atoms with Crippen molar-refractivity contribution in [3.8, 4) is 0 Å². The molecule has 4 atom stereocenters. The van der Waals surface area contributed by atoms with Crippen LogP contribution in [0.4, 0.5) is 0 Å². The Kier molecular flexibility index (Phi) is 6.56. The van der Waals surface area contributed by atoms with E-state index < -0.39 is 0 Å². The summed E-state index contributed by atoms with van der Waals surface area (Å²) < 4.78 is 0. The largest absolute Gasteiger partial charge is 0.235 e. The molecule has 0 aliphatic heterocycles. The highest BCUT2D eigenvalue weighted by molar-refractivity contribution is 5.34. The van der Waals surface area contributed by atoms with Crippen LogP contribution < -0.4 is 0 Å². The van der Waals surface area contributed by atoms with Gasteiger partial charge in [-0.1, -0.05) is 20.3 Å². The van der Waals surface area contributed by atoms with Gasteiger partial charge in [0.2, 0.25) is 12.2 Å². The van der Waals surface area contributed by atoms with E-state index in [4.69, 9.17) is 0 Å². The van der Waals surface area contributed by atoms with E-state index in [0.29, 0.717) is 11.8 Å². The Balaban J connectivity index is 2.69. The summed E-state index contributed by atoms with van der Waals surface area (Å²) in [5, 5.41) is 0. The van der Waals surface area contributed by atoms with Gasteiger partial charge < -0.3 is 0 Å². The second-order valence-corrected chi connectivity index (χ2v) is 5.08. The SMILES string of the molecule is CCC(N=C=O)C1CCCC(C(CC)N=C=O)C1. The molecule has 0 heterocycles. The molecule has 0 radical (unpaired) electrons. The average Bonchev–Trinajstić information content (AvgIpc) is 2.42. The van der Waals surface area contributed by atoms with E-state index in [1.807, 2.05) is 0 Å². The molecule has 100 valence electrons. The molecule has 4 heteroatoms. The minimum absolute atomic E-state index is 0.0861. The van der Waals surface area contributed by atoms with Crippen LogP contribution in [0.5, 0.6) is 0 Å². The van der Waals surface area contributed by atoms with Crippen molar-refractivity contribution in [1.29, 1.82) is 0 Å². The van der Waals surface area contributed by atoms with E-state index in [-0.39, 0.29) is 12.1 Å². The molecule has 1 aliphatic carbocycles. The number of rotatable bonds is 6. The first-order valence-electron chi connectivity index (χ1n) is 6.90. The molecule has 4 unspecified atom stereocenters. The monoisotopic (exact) mass is 250 g/mol. The number of hydrogen-bond donors (Lipinski definition) is 0. The fraction of sp³-hybridized carbons (Fsp3) is 0.857. The third-order valence-corrected chi connectivity index (χ3v) is 4.12. The first-order valence-corrected chi connectivity index (χ1v) is 6.90. The van der Waals surface area contributed by atoms with Gasteiger partial charge in [-0.05, 0) is 43.9 Å². The maximum Gasteiger partial charge on any atom is 0.235 e. The summed E-state index contributed by atoms with van der Waals surface area (Å²) in [4.78, 5) is 28.7. The molecule has 4 nitrogen and oxygen atoms in total. The van der Waals surface area contributed by atoms with Gasteiger partial charge in [0.05, 0.1) is 12.1 Å². The van der Waals surface area contributed by atoms with Crippen molar-refractivity contribution >= 4 is 12.2 Å². The quantitative estimate of drug-likeness (QED) is 0.537. The maximum atomic E-state index is 10.4. The first kappa shape index (κ1) is 14.8. The molecule has 1 rings (SSSR count). The van der Waals surface area contributed by atoms with Crippen molar-refractivity contribution in [2.24, 2.45) is 21.8 Å². The molecule has 0 aromatic heterocycles. The molecule has 0 aromatic carbocycles. The van der Waals surface area contributed by atoms with Gasteiger partial charge in [0.25, 0.3) is 0 Å². The Labute approximate surface area is 109 Å². The average molecular weight is 250 g/mol. The molecule has 0 aromatic rings. The number of hydrogen-bond acceptors (Lipinski definition) is 4. The molecular weight excluding hydrogens is 228 g/mol. The van der Waals surface area contributed by atoms with Crippen LogP contribution in [0, 0.1) is 11.8 Å². The molecule has 0 amide bonds. The number of carbonyl (C=O) groups excluding carboxylic acids is 2. The predicted molar refractivity (Wildman–Crippen MR) is 69.8 cm³/mol. The van der Waals surface area contributed by atoms with Gasteiger partial charge in [-0.15, -0.1) is 0 Å². The van der Waals surface area contributed by atoms with E-state index >= 15 is 0 Å². The second-order valence-electron chi connectivity index (χ2n) is 5.08. The third kappa shape index (κ3) is 3.90. The van der Waals surface area contributed by atoms with Crippen LogP contribution in [-0.2, 0) is 9.59 Å². The Morgan fingerprint density at radius 1 is 1.00 bits per heavy atom. The van der Waals surface area contributed by atoms with E-state index in [1.165, 1.54) is 0 Å². The highest BCUT2D eigenvalue weighted by Crippen LogP contribution is 2.36. The fourth-order valence-corrected chi connectivity index (χ4v) is 3.16. The minimum Gasteiger partial charge on any atom is -0.211 e. The third-order valence-electron chi connectivity index (χ3n) is 4.12. The number of isocyanates is 2. The van der Waals surface area contributed by atoms with Gasteiger partial charge in [-0.3, -0.25) is 0 Å². The summed E-state index contributed by atoms with van der Waals surface area (Å²) >= 11 is 0. The molecule has 0 spiro atoms. The van der Waals surface area contributed by atoms with Crippen LogP contribution in [0.15, 0.2) is 9.98 Å². The summed E-state index contributed by atoms with van der Waals surface area (Å²) in [6.07, 6.45) is 9.49. The van der Waals surface area contributed by atoms with E-state index in [0.717, 1.165) is 38.5 Å². The molecule has 0 saturated heterocycles. The lowest BCUT2D eigenvalue weighted by atomic mass is 9.74. The summed E-state index contributed by atoms with van der Waals surface area (Å²) in [6, 6.07) is 0.172. The zero-order valence-corrected chi connectivity index (χ0v) is 11.3. The van der Waals surface area contributed by atoms with Crippen LogP contribution in [0.1, 0.15) is 52.4 Å². The lowest BCUT2D eigenvalue weighted by Gasteiger charge is -2.34. The standard InChI is InChI=1S/C14H22N2O2/c1-3-13(15-9-17)11-6-5-7-12(8-11)14(4-2)16-10-18/h11-14H,3-8H2,1-2H3. The van der Waals surface area contributed by atoms with Gasteiger partial charge in [0.15, 0.2) is 0 Å². The first-order chi connectivity index (χ1) is 8.76. The molecule has 1 saturated carbocycles. The second kappa shape index (κ2) is 7.97.